The van der Waals surface area contributed by atoms with Gasteiger partial charge in [-0.3, -0.25) is 18.6 Å². The maximum Gasteiger partial charge on any atom is 0.472 e. The van der Waals surface area contributed by atoms with Crippen molar-refractivity contribution in [1.82, 2.24) is 0 Å². The summed E-state index contributed by atoms with van der Waals surface area (Å²) in [5.41, 5.74) is 0. The van der Waals surface area contributed by atoms with Gasteiger partial charge in [-0.2, -0.15) is 0 Å². The molecule has 0 heterocycles. The number of carbonyl (C=O) groups is 2. The van der Waals surface area contributed by atoms with Crippen molar-refractivity contribution in [3.8, 4) is 0 Å². The highest BCUT2D eigenvalue weighted by atomic mass is 31.2. The lowest BCUT2D eigenvalue weighted by atomic mass is 10.1. The maximum atomic E-state index is 12.0. The molecule has 30 heavy (non-hydrogen) atoms. The summed E-state index contributed by atoms with van der Waals surface area (Å²) in [7, 11) is -4.56. The lowest BCUT2D eigenvalue weighted by Crippen LogP contribution is -2.29. The highest BCUT2D eigenvalue weighted by Crippen LogP contribution is 2.43. The smallest absolute Gasteiger partial charge is 0.462 e. The first-order chi connectivity index (χ1) is 14.2. The van der Waals surface area contributed by atoms with Gasteiger partial charge in [-0.15, -0.1) is 0 Å². The minimum atomic E-state index is -4.56. The molecular weight excluding hydrogens is 419 g/mol. The summed E-state index contributed by atoms with van der Waals surface area (Å²) in [6, 6.07) is 0. The molecule has 0 bridgehead atoms. The fourth-order valence-electron chi connectivity index (χ4n) is 2.26. The van der Waals surface area contributed by atoms with Gasteiger partial charge in [-0.25, -0.2) is 4.57 Å². The number of aliphatic hydroxyl groups is 2. The van der Waals surface area contributed by atoms with Gasteiger partial charge in [0.05, 0.1) is 19.8 Å². The average Bonchev–Trinajstić information content (AvgIpc) is 2.72. The highest BCUT2D eigenvalue weighted by molar-refractivity contribution is 7.47. The molecule has 0 rings (SSSR count). The number of phosphoric ester groups is 1. The second-order valence-corrected chi connectivity index (χ2v) is 8.41. The van der Waals surface area contributed by atoms with Crippen LogP contribution in [0.2, 0.25) is 0 Å². The zero-order valence-corrected chi connectivity index (χ0v) is 18.9. The number of unbranched alkanes of at least 4 members (excludes halogenated alkanes) is 5. The zero-order chi connectivity index (χ0) is 22.8. The first-order valence-electron chi connectivity index (χ1n) is 10.5. The minimum Gasteiger partial charge on any atom is -0.462 e. The Morgan fingerprint density at radius 2 is 1.47 bits per heavy atom. The zero-order valence-electron chi connectivity index (χ0n) is 18.0. The van der Waals surface area contributed by atoms with E-state index in [0.29, 0.717) is 12.8 Å². The van der Waals surface area contributed by atoms with Gasteiger partial charge in [0.25, 0.3) is 0 Å². The summed E-state index contributed by atoms with van der Waals surface area (Å²) in [6.07, 6.45) is 4.21. The van der Waals surface area contributed by atoms with Crippen LogP contribution in [0.25, 0.3) is 0 Å². The summed E-state index contributed by atoms with van der Waals surface area (Å²) < 4.78 is 31.5. The van der Waals surface area contributed by atoms with E-state index in [-0.39, 0.29) is 19.4 Å². The predicted molar refractivity (Wildman–Crippen MR) is 109 cm³/mol. The van der Waals surface area contributed by atoms with E-state index in [1.807, 2.05) is 6.92 Å². The van der Waals surface area contributed by atoms with Crippen LogP contribution in [0, 0.1) is 0 Å². The predicted octanol–water partition coefficient (Wildman–Crippen LogP) is 2.48. The van der Waals surface area contributed by atoms with E-state index in [1.54, 1.807) is 0 Å². The van der Waals surface area contributed by atoms with Gasteiger partial charge in [0, 0.05) is 12.8 Å². The Hall–Kier alpha value is -1.03. The number of ether oxygens (including phenoxy) is 2. The van der Waals surface area contributed by atoms with Crippen molar-refractivity contribution in [2.45, 2.75) is 83.8 Å². The Morgan fingerprint density at radius 1 is 0.867 bits per heavy atom. The van der Waals surface area contributed by atoms with Crippen LogP contribution < -0.4 is 0 Å². The van der Waals surface area contributed by atoms with E-state index in [9.17, 15) is 24.2 Å². The van der Waals surface area contributed by atoms with Crippen molar-refractivity contribution < 1.29 is 47.8 Å². The number of hydrogen-bond acceptors (Lipinski definition) is 9. The van der Waals surface area contributed by atoms with Gasteiger partial charge in [0.2, 0.25) is 0 Å². The molecule has 0 saturated carbocycles. The van der Waals surface area contributed by atoms with Gasteiger partial charge in [-0.1, -0.05) is 46.0 Å². The van der Waals surface area contributed by atoms with Crippen molar-refractivity contribution in [2.24, 2.45) is 0 Å². The molecule has 3 N–H and O–H groups in total. The van der Waals surface area contributed by atoms with Crippen LogP contribution in [0.1, 0.15) is 71.6 Å². The Morgan fingerprint density at radius 3 is 2.10 bits per heavy atom. The van der Waals surface area contributed by atoms with E-state index >= 15 is 0 Å². The van der Waals surface area contributed by atoms with Crippen LogP contribution in [0.5, 0.6) is 0 Å². The lowest BCUT2D eigenvalue weighted by molar-refractivity contribution is -0.161. The molecule has 0 saturated heterocycles. The van der Waals surface area contributed by atoms with Gasteiger partial charge < -0.3 is 24.6 Å². The molecule has 0 fully saturated rings. The molecule has 0 spiro atoms. The average molecular weight is 456 g/mol. The van der Waals surface area contributed by atoms with Crippen LogP contribution in [-0.4, -0.2) is 65.7 Å². The fourth-order valence-corrected chi connectivity index (χ4v) is 3.05. The topological polar surface area (TPSA) is 149 Å². The third-order valence-electron chi connectivity index (χ3n) is 4.01. The van der Waals surface area contributed by atoms with Crippen molar-refractivity contribution in [3.05, 3.63) is 0 Å². The molecule has 178 valence electrons. The van der Waals surface area contributed by atoms with Crippen LogP contribution >= 0.6 is 7.82 Å². The van der Waals surface area contributed by atoms with E-state index in [2.05, 4.69) is 11.4 Å². The summed E-state index contributed by atoms with van der Waals surface area (Å²) in [6.45, 7) is 1.91. The molecule has 0 aromatic heterocycles. The quantitative estimate of drug-likeness (QED) is 0.150. The van der Waals surface area contributed by atoms with Crippen LogP contribution in [-0.2, 0) is 32.7 Å². The third-order valence-corrected chi connectivity index (χ3v) is 4.96. The Bertz CT molecular complexity index is 514. The van der Waals surface area contributed by atoms with Crippen molar-refractivity contribution in [1.29, 1.82) is 0 Å². The van der Waals surface area contributed by atoms with E-state index in [4.69, 9.17) is 19.1 Å². The summed E-state index contributed by atoms with van der Waals surface area (Å²) >= 11 is 0. The Balaban J connectivity index is 4.60. The van der Waals surface area contributed by atoms with Gasteiger partial charge in [0.1, 0.15) is 12.7 Å². The molecule has 3 unspecified atom stereocenters. The van der Waals surface area contributed by atoms with E-state index < -0.39 is 51.8 Å². The molecule has 0 radical (unpaired) electrons. The molecule has 0 aromatic carbocycles. The molecule has 0 aliphatic heterocycles. The van der Waals surface area contributed by atoms with Crippen molar-refractivity contribution in [2.75, 3.05) is 26.4 Å². The summed E-state index contributed by atoms with van der Waals surface area (Å²) in [5, 5.41) is 17.9. The van der Waals surface area contributed by atoms with Crippen LogP contribution in [0.4, 0.5) is 0 Å². The fraction of sp³-hybridized carbons (Fsp3) is 0.895. The Labute approximate surface area is 178 Å². The van der Waals surface area contributed by atoms with E-state index in [0.717, 1.165) is 32.1 Å². The molecule has 0 aliphatic carbocycles. The summed E-state index contributed by atoms with van der Waals surface area (Å²) in [5.74, 6) is -0.985. The summed E-state index contributed by atoms with van der Waals surface area (Å²) in [4.78, 5) is 33.4. The molecule has 0 amide bonds. The SMILES string of the molecule is CCCCCCCC(=O)OC(COC(=O)CCCC)COP(=O)(O)OCC(O)CO. The number of hydrogen-bond donors (Lipinski definition) is 3. The maximum absolute atomic E-state index is 12.0. The largest absolute Gasteiger partial charge is 0.472 e. The minimum absolute atomic E-state index is 0.181. The monoisotopic (exact) mass is 456 g/mol. The van der Waals surface area contributed by atoms with Crippen molar-refractivity contribution in [3.63, 3.8) is 0 Å². The molecule has 11 heteroatoms. The normalized spacial score (nSPS) is 15.2. The molecule has 0 aliphatic rings. The number of aliphatic hydroxyl groups excluding tert-OH is 2. The standard InChI is InChI=1S/C19H37O10P/c1-3-5-7-8-9-11-19(23)29-17(14-26-18(22)10-6-4-2)15-28-30(24,25)27-13-16(21)12-20/h16-17,20-21H,3-15H2,1-2H3,(H,24,25). The number of phosphoric acid groups is 1. The number of esters is 2. The van der Waals surface area contributed by atoms with E-state index in [1.165, 1.54) is 0 Å². The first kappa shape index (κ1) is 29.0. The Kier molecular flexibility index (Phi) is 17.0. The number of carbonyl (C=O) groups excluding carboxylic acids is 2. The van der Waals surface area contributed by atoms with Gasteiger partial charge in [0.15, 0.2) is 6.10 Å². The second kappa shape index (κ2) is 17.6. The molecule has 10 nitrogen and oxygen atoms in total. The third kappa shape index (κ3) is 16.7. The lowest BCUT2D eigenvalue weighted by Gasteiger charge is -2.20. The molecule has 0 aromatic rings. The van der Waals surface area contributed by atoms with Crippen molar-refractivity contribution >= 4 is 19.8 Å². The van der Waals surface area contributed by atoms with Crippen LogP contribution in [0.15, 0.2) is 0 Å². The number of rotatable bonds is 19. The van der Waals surface area contributed by atoms with Crippen LogP contribution in [0.3, 0.4) is 0 Å². The molecular formula is C19H37O10P. The second-order valence-electron chi connectivity index (χ2n) is 6.96. The van der Waals surface area contributed by atoms with Gasteiger partial charge >= 0.3 is 19.8 Å². The molecule has 3 atom stereocenters. The van der Waals surface area contributed by atoms with Gasteiger partial charge in [-0.05, 0) is 12.8 Å². The highest BCUT2D eigenvalue weighted by Gasteiger charge is 2.27. The first-order valence-corrected chi connectivity index (χ1v) is 12.0.